The zero-order valence-electron chi connectivity index (χ0n) is 17.8. The van der Waals surface area contributed by atoms with Gasteiger partial charge < -0.3 is 9.64 Å². The summed E-state index contributed by atoms with van der Waals surface area (Å²) < 4.78 is 63.0. The van der Waals surface area contributed by atoms with E-state index in [4.69, 9.17) is 4.74 Å². The minimum atomic E-state index is -4.18. The van der Waals surface area contributed by atoms with E-state index in [2.05, 4.69) is 31.7 Å². The van der Waals surface area contributed by atoms with Crippen LogP contribution in [0.3, 0.4) is 0 Å². The quantitative estimate of drug-likeness (QED) is 0.436. The van der Waals surface area contributed by atoms with Gasteiger partial charge in [0.05, 0.1) is 34.6 Å². The van der Waals surface area contributed by atoms with E-state index < -0.39 is 32.9 Å². The van der Waals surface area contributed by atoms with E-state index in [1.807, 2.05) is 11.9 Å². The third-order valence-corrected chi connectivity index (χ3v) is 6.66. The molecule has 0 atom stereocenters. The van der Waals surface area contributed by atoms with Gasteiger partial charge in [-0.15, -0.1) is 0 Å². The highest BCUT2D eigenvalue weighted by molar-refractivity contribution is 7.92. The number of halogens is 2. The van der Waals surface area contributed by atoms with Gasteiger partial charge in [-0.25, -0.2) is 22.2 Å². The molecule has 0 saturated heterocycles. The van der Waals surface area contributed by atoms with E-state index in [0.717, 1.165) is 17.8 Å². The molecular formula is C23H17F2N5O3S. The summed E-state index contributed by atoms with van der Waals surface area (Å²) in [5.41, 5.74) is 0.725. The molecule has 1 aliphatic rings. The van der Waals surface area contributed by atoms with Crippen molar-refractivity contribution in [3.8, 4) is 17.6 Å². The van der Waals surface area contributed by atoms with Crippen molar-refractivity contribution in [2.24, 2.45) is 0 Å². The van der Waals surface area contributed by atoms with Gasteiger partial charge in [0.25, 0.3) is 10.0 Å². The van der Waals surface area contributed by atoms with Crippen molar-refractivity contribution in [1.82, 2.24) is 15.2 Å². The summed E-state index contributed by atoms with van der Waals surface area (Å²) in [6, 6.07) is 8.01. The topological polar surface area (TPSA) is 100 Å². The molecule has 1 aliphatic heterocycles. The number of nitrogens with zero attached hydrogens (tertiary/aromatic N) is 3. The van der Waals surface area contributed by atoms with Crippen molar-refractivity contribution in [3.63, 3.8) is 0 Å². The molecule has 11 heteroatoms. The number of aromatic amines is 1. The fourth-order valence-electron chi connectivity index (χ4n) is 3.49. The molecule has 3 heterocycles. The highest BCUT2D eigenvalue weighted by Crippen LogP contribution is 2.33. The van der Waals surface area contributed by atoms with Gasteiger partial charge >= 0.3 is 0 Å². The highest BCUT2D eigenvalue weighted by Gasteiger charge is 2.23. The van der Waals surface area contributed by atoms with Crippen LogP contribution in [0.25, 0.3) is 11.0 Å². The molecule has 8 nitrogen and oxygen atoms in total. The largest absolute Gasteiger partial charge is 0.490 e. The number of H-pyrrole nitrogens is 1. The smallest absolute Gasteiger partial charge is 0.262 e. The number of sulfonamides is 1. The van der Waals surface area contributed by atoms with Gasteiger partial charge in [-0.3, -0.25) is 9.82 Å². The molecule has 0 aliphatic carbocycles. The fraction of sp³-hybridized carbons (Fsp3) is 0.130. The van der Waals surface area contributed by atoms with Crippen molar-refractivity contribution in [1.29, 1.82) is 0 Å². The second-order valence-electron chi connectivity index (χ2n) is 7.57. The zero-order chi connectivity index (χ0) is 23.9. The number of rotatable bonds is 3. The number of anilines is 2. The van der Waals surface area contributed by atoms with Gasteiger partial charge in [-0.2, -0.15) is 5.10 Å². The number of pyridine rings is 1. The molecule has 34 heavy (non-hydrogen) atoms. The van der Waals surface area contributed by atoms with Crippen molar-refractivity contribution in [2.75, 3.05) is 29.8 Å². The second kappa shape index (κ2) is 8.31. The van der Waals surface area contributed by atoms with Crippen LogP contribution in [0.4, 0.5) is 20.2 Å². The number of benzene rings is 2. The van der Waals surface area contributed by atoms with Crippen LogP contribution in [0.15, 0.2) is 53.7 Å². The highest BCUT2D eigenvalue weighted by atomic mass is 32.2. The van der Waals surface area contributed by atoms with Crippen LogP contribution in [0.2, 0.25) is 0 Å². The molecule has 5 rings (SSSR count). The molecule has 0 amide bonds. The first-order chi connectivity index (χ1) is 16.3. The Kier molecular flexibility index (Phi) is 5.30. The van der Waals surface area contributed by atoms with Crippen LogP contribution >= 0.6 is 0 Å². The minimum absolute atomic E-state index is 0.114. The number of likely N-dealkylation sites (N-methyl/N-ethyl adjacent to an activating group) is 1. The van der Waals surface area contributed by atoms with Crippen molar-refractivity contribution >= 4 is 32.4 Å². The summed E-state index contributed by atoms with van der Waals surface area (Å²) in [7, 11) is -2.31. The molecule has 2 N–H and O–H groups in total. The van der Waals surface area contributed by atoms with E-state index in [9.17, 15) is 12.8 Å². The third-order valence-electron chi connectivity index (χ3n) is 5.30. The van der Waals surface area contributed by atoms with Crippen LogP contribution in [-0.2, 0) is 10.0 Å². The zero-order valence-corrected chi connectivity index (χ0v) is 18.6. The Balaban J connectivity index is 1.46. The molecule has 2 aromatic carbocycles. The van der Waals surface area contributed by atoms with Gasteiger partial charge in [0.1, 0.15) is 18.2 Å². The summed E-state index contributed by atoms with van der Waals surface area (Å²) in [5.74, 6) is 3.45. The first-order valence-electron chi connectivity index (χ1n) is 10.1. The lowest BCUT2D eigenvalue weighted by Gasteiger charge is -2.27. The second-order valence-corrected chi connectivity index (χ2v) is 9.25. The Hall–Kier alpha value is -4.17. The van der Waals surface area contributed by atoms with Gasteiger partial charge in [0, 0.05) is 30.3 Å². The maximum absolute atomic E-state index is 15.1. The number of aromatic nitrogens is 3. The van der Waals surface area contributed by atoms with Gasteiger partial charge in [0.15, 0.2) is 11.5 Å². The first kappa shape index (κ1) is 21.7. The Morgan fingerprint density at radius 2 is 2.00 bits per heavy atom. The average molecular weight is 481 g/mol. The van der Waals surface area contributed by atoms with E-state index in [0.29, 0.717) is 35.5 Å². The number of fused-ring (bicyclic) bond motifs is 2. The lowest BCUT2D eigenvalue weighted by molar-refractivity contribution is 0.310. The number of hydrogen-bond acceptors (Lipinski definition) is 6. The molecule has 4 aromatic rings. The van der Waals surface area contributed by atoms with Gasteiger partial charge in [-0.1, -0.05) is 11.8 Å². The molecule has 0 bridgehead atoms. The molecule has 0 fully saturated rings. The van der Waals surface area contributed by atoms with Gasteiger partial charge in [-0.05, 0) is 30.3 Å². The first-order valence-corrected chi connectivity index (χ1v) is 11.6. The van der Waals surface area contributed by atoms with E-state index in [1.54, 1.807) is 18.3 Å². The Morgan fingerprint density at radius 1 is 1.15 bits per heavy atom. The van der Waals surface area contributed by atoms with E-state index >= 15 is 4.39 Å². The Bertz CT molecular complexity index is 1590. The van der Waals surface area contributed by atoms with Crippen LogP contribution in [0, 0.1) is 23.5 Å². The summed E-state index contributed by atoms with van der Waals surface area (Å²) in [5, 5.41) is 7.24. The molecule has 0 spiro atoms. The van der Waals surface area contributed by atoms with E-state index in [1.165, 1.54) is 18.3 Å². The molecule has 172 valence electrons. The lowest BCUT2D eigenvalue weighted by atomic mass is 10.1. The van der Waals surface area contributed by atoms with E-state index in [-0.39, 0.29) is 4.90 Å². The summed E-state index contributed by atoms with van der Waals surface area (Å²) in [6.07, 6.45) is 2.99. The average Bonchev–Trinajstić information content (AvgIpc) is 3.29. The number of ether oxygens (including phenoxy) is 1. The van der Waals surface area contributed by atoms with Crippen LogP contribution in [-0.4, -0.2) is 43.8 Å². The summed E-state index contributed by atoms with van der Waals surface area (Å²) in [6.45, 7) is 1.09. The van der Waals surface area contributed by atoms with Crippen molar-refractivity contribution in [2.45, 2.75) is 4.90 Å². The number of nitrogens with one attached hydrogen (secondary N) is 2. The third kappa shape index (κ3) is 3.99. The van der Waals surface area contributed by atoms with Crippen molar-refractivity contribution < 1.29 is 21.9 Å². The molecule has 0 radical (unpaired) electrons. The summed E-state index contributed by atoms with van der Waals surface area (Å²) >= 11 is 0. The predicted molar refractivity (Wildman–Crippen MR) is 122 cm³/mol. The minimum Gasteiger partial charge on any atom is -0.490 e. The summed E-state index contributed by atoms with van der Waals surface area (Å²) in [4.78, 5) is 5.94. The standard InChI is InChI=1S/C23H17F2N5O3S/c1-30-8-9-33-21-11-16(3-7-20(21)30)34(31,32)29-19-6-5-18(24)17(22(19)25)4-2-14-10-15-13-27-28-23(15)26-12-14/h3,5-7,10-13,29H,8-9H2,1H3,(H,26,27,28). The fourth-order valence-corrected chi connectivity index (χ4v) is 4.57. The van der Waals surface area contributed by atoms with Gasteiger partial charge in [0.2, 0.25) is 0 Å². The molecular weight excluding hydrogens is 464 g/mol. The Morgan fingerprint density at radius 3 is 2.85 bits per heavy atom. The van der Waals surface area contributed by atoms with Crippen molar-refractivity contribution in [3.05, 3.63) is 71.6 Å². The molecule has 0 saturated carbocycles. The Labute approximate surface area is 193 Å². The SMILES string of the molecule is CN1CCOc2cc(S(=O)(=O)Nc3ccc(F)c(C#Cc4cnc5[nH]ncc5c4)c3F)ccc21. The maximum Gasteiger partial charge on any atom is 0.262 e. The van der Waals surface area contributed by atoms with Crippen LogP contribution in [0.1, 0.15) is 11.1 Å². The predicted octanol–water partition coefficient (Wildman–Crippen LogP) is 3.27. The normalized spacial score (nSPS) is 13.1. The monoisotopic (exact) mass is 481 g/mol. The van der Waals surface area contributed by atoms with Crippen LogP contribution < -0.4 is 14.4 Å². The maximum atomic E-state index is 15.1. The van der Waals surface area contributed by atoms with Crippen LogP contribution in [0.5, 0.6) is 5.75 Å². The lowest BCUT2D eigenvalue weighted by Crippen LogP contribution is -2.29. The molecule has 2 aromatic heterocycles. The number of hydrogen-bond donors (Lipinski definition) is 2. The molecule has 0 unspecified atom stereocenters.